The van der Waals surface area contributed by atoms with Crippen LogP contribution in [0.3, 0.4) is 0 Å². The molecule has 2 atom stereocenters. The topological polar surface area (TPSA) is 41.1 Å². The highest BCUT2D eigenvalue weighted by atomic mass is 32.2. The molecule has 0 aromatic heterocycles. The Kier molecular flexibility index (Phi) is 6.34. The maximum Gasteiger partial charge on any atom is 0.236 e. The van der Waals surface area contributed by atoms with Gasteiger partial charge in [-0.2, -0.15) is 11.8 Å². The molecule has 1 aliphatic heterocycles. The van der Waals surface area contributed by atoms with Crippen molar-refractivity contribution in [2.45, 2.75) is 57.2 Å². The van der Waals surface area contributed by atoms with Gasteiger partial charge in [0.2, 0.25) is 5.91 Å². The molecule has 0 aromatic carbocycles. The lowest BCUT2D eigenvalue weighted by Crippen LogP contribution is -2.46. The molecule has 1 fully saturated rings. The summed E-state index contributed by atoms with van der Waals surface area (Å²) >= 11 is 2.03. The van der Waals surface area contributed by atoms with E-state index >= 15 is 0 Å². The van der Waals surface area contributed by atoms with Gasteiger partial charge in [0.25, 0.3) is 0 Å². The van der Waals surface area contributed by atoms with Crippen LogP contribution in [0.5, 0.6) is 0 Å². The predicted octanol–water partition coefficient (Wildman–Crippen LogP) is 2.17. The summed E-state index contributed by atoms with van der Waals surface area (Å²) in [6.45, 7) is 8.10. The largest absolute Gasteiger partial charge is 0.355 e. The van der Waals surface area contributed by atoms with E-state index in [-0.39, 0.29) is 11.9 Å². The molecule has 17 heavy (non-hydrogen) atoms. The Balaban J connectivity index is 2.19. The molecule has 1 aliphatic rings. The van der Waals surface area contributed by atoms with E-state index in [0.717, 1.165) is 25.9 Å². The van der Waals surface area contributed by atoms with Crippen molar-refractivity contribution in [3.63, 3.8) is 0 Å². The monoisotopic (exact) mass is 258 g/mol. The highest BCUT2D eigenvalue weighted by Crippen LogP contribution is 2.36. The van der Waals surface area contributed by atoms with Crippen LogP contribution in [0.25, 0.3) is 0 Å². The number of hydrogen-bond acceptors (Lipinski definition) is 3. The zero-order valence-electron chi connectivity index (χ0n) is 11.3. The summed E-state index contributed by atoms with van der Waals surface area (Å²) < 4.78 is 0.331. The van der Waals surface area contributed by atoms with Gasteiger partial charge in [-0.15, -0.1) is 0 Å². The molecule has 4 heteroatoms. The standard InChI is InChI=1S/C13H26N2OS/c1-4-5-8-14-12(16)11(2)15-10-13(3)7-6-9-17-13/h11,15H,4-10H2,1-3H3,(H,14,16). The number of nitrogens with one attached hydrogen (secondary N) is 2. The Morgan fingerprint density at radius 1 is 1.53 bits per heavy atom. The molecule has 100 valence electrons. The minimum absolute atomic E-state index is 0.0788. The summed E-state index contributed by atoms with van der Waals surface area (Å²) in [5.41, 5.74) is 0. The summed E-state index contributed by atoms with van der Waals surface area (Å²) in [5.74, 6) is 1.39. The van der Waals surface area contributed by atoms with Crippen LogP contribution in [0.15, 0.2) is 0 Å². The fourth-order valence-corrected chi connectivity index (χ4v) is 3.23. The lowest BCUT2D eigenvalue weighted by molar-refractivity contribution is -0.122. The van der Waals surface area contributed by atoms with E-state index in [1.165, 1.54) is 18.6 Å². The summed E-state index contributed by atoms with van der Waals surface area (Å²) in [4.78, 5) is 11.7. The molecule has 3 nitrogen and oxygen atoms in total. The van der Waals surface area contributed by atoms with Crippen LogP contribution in [0.4, 0.5) is 0 Å². The van der Waals surface area contributed by atoms with Gasteiger partial charge in [-0.25, -0.2) is 0 Å². The molecule has 0 aromatic rings. The van der Waals surface area contributed by atoms with Gasteiger partial charge in [0.1, 0.15) is 0 Å². The summed E-state index contributed by atoms with van der Waals surface area (Å²) in [6.07, 6.45) is 4.75. The van der Waals surface area contributed by atoms with E-state index in [9.17, 15) is 4.79 Å². The Hall–Kier alpha value is -0.220. The number of carbonyl (C=O) groups is 1. The van der Waals surface area contributed by atoms with Crippen molar-refractivity contribution in [2.24, 2.45) is 0 Å². The van der Waals surface area contributed by atoms with Crippen molar-refractivity contribution >= 4 is 17.7 Å². The molecule has 0 aliphatic carbocycles. The molecule has 1 saturated heterocycles. The van der Waals surface area contributed by atoms with E-state index < -0.39 is 0 Å². The zero-order chi connectivity index (χ0) is 12.7. The van der Waals surface area contributed by atoms with Crippen LogP contribution in [0, 0.1) is 0 Å². The van der Waals surface area contributed by atoms with Crippen LogP contribution < -0.4 is 10.6 Å². The van der Waals surface area contributed by atoms with E-state index in [4.69, 9.17) is 0 Å². The Labute approximate surface area is 109 Å². The van der Waals surface area contributed by atoms with Crippen LogP contribution in [-0.2, 0) is 4.79 Å². The number of amides is 1. The van der Waals surface area contributed by atoms with Crippen LogP contribution in [0.2, 0.25) is 0 Å². The van der Waals surface area contributed by atoms with E-state index in [2.05, 4.69) is 24.5 Å². The smallest absolute Gasteiger partial charge is 0.236 e. The van der Waals surface area contributed by atoms with Gasteiger partial charge in [-0.3, -0.25) is 4.79 Å². The Morgan fingerprint density at radius 3 is 2.88 bits per heavy atom. The zero-order valence-corrected chi connectivity index (χ0v) is 12.2. The average molecular weight is 258 g/mol. The molecule has 0 saturated carbocycles. The molecular weight excluding hydrogens is 232 g/mol. The van der Waals surface area contributed by atoms with Crippen molar-refractivity contribution in [1.82, 2.24) is 10.6 Å². The van der Waals surface area contributed by atoms with Gasteiger partial charge in [0.15, 0.2) is 0 Å². The molecule has 0 radical (unpaired) electrons. The second kappa shape index (κ2) is 7.27. The normalized spacial score (nSPS) is 25.8. The Morgan fingerprint density at radius 2 is 2.29 bits per heavy atom. The van der Waals surface area contributed by atoms with Gasteiger partial charge in [-0.1, -0.05) is 13.3 Å². The SMILES string of the molecule is CCCCNC(=O)C(C)NCC1(C)CCCS1. The van der Waals surface area contributed by atoms with Gasteiger partial charge in [-0.05, 0) is 38.9 Å². The number of unbranched alkanes of at least 4 members (excludes halogenated alkanes) is 1. The number of carbonyl (C=O) groups excluding carboxylic acids is 1. The molecule has 2 N–H and O–H groups in total. The highest BCUT2D eigenvalue weighted by molar-refractivity contribution is 8.00. The van der Waals surface area contributed by atoms with E-state index in [1.54, 1.807) is 0 Å². The first kappa shape index (κ1) is 14.8. The third-order valence-corrected chi connectivity index (χ3v) is 4.84. The number of thioether (sulfide) groups is 1. The first-order chi connectivity index (χ1) is 8.07. The Bertz CT molecular complexity index is 240. The van der Waals surface area contributed by atoms with E-state index in [0.29, 0.717) is 4.75 Å². The summed E-state index contributed by atoms with van der Waals surface area (Å²) in [6, 6.07) is -0.0788. The maximum absolute atomic E-state index is 11.7. The van der Waals surface area contributed by atoms with Gasteiger partial charge in [0.05, 0.1) is 6.04 Å². The lowest BCUT2D eigenvalue weighted by Gasteiger charge is -2.25. The van der Waals surface area contributed by atoms with E-state index in [1.807, 2.05) is 18.7 Å². The second-order valence-electron chi connectivity index (χ2n) is 5.15. The number of hydrogen-bond donors (Lipinski definition) is 2. The van der Waals surface area contributed by atoms with Crippen molar-refractivity contribution < 1.29 is 4.79 Å². The first-order valence-corrected chi connectivity index (χ1v) is 7.71. The maximum atomic E-state index is 11.7. The lowest BCUT2D eigenvalue weighted by atomic mass is 10.1. The van der Waals surface area contributed by atoms with Crippen molar-refractivity contribution in [3.05, 3.63) is 0 Å². The second-order valence-corrected chi connectivity index (χ2v) is 6.83. The molecule has 1 heterocycles. The molecule has 0 bridgehead atoms. The van der Waals surface area contributed by atoms with Gasteiger partial charge in [0, 0.05) is 17.8 Å². The first-order valence-electron chi connectivity index (χ1n) is 6.72. The number of rotatable bonds is 7. The molecule has 0 spiro atoms. The molecule has 2 unspecified atom stereocenters. The minimum atomic E-state index is -0.0788. The van der Waals surface area contributed by atoms with Crippen LogP contribution in [0.1, 0.15) is 46.5 Å². The molecular formula is C13H26N2OS. The summed E-state index contributed by atoms with van der Waals surface area (Å²) in [5, 5.41) is 6.32. The van der Waals surface area contributed by atoms with Crippen molar-refractivity contribution in [2.75, 3.05) is 18.8 Å². The summed E-state index contributed by atoms with van der Waals surface area (Å²) in [7, 11) is 0. The predicted molar refractivity (Wildman–Crippen MR) is 75.5 cm³/mol. The van der Waals surface area contributed by atoms with Crippen LogP contribution >= 0.6 is 11.8 Å². The fourth-order valence-electron chi connectivity index (χ4n) is 1.98. The van der Waals surface area contributed by atoms with Crippen LogP contribution in [-0.4, -0.2) is 35.5 Å². The van der Waals surface area contributed by atoms with Gasteiger partial charge < -0.3 is 10.6 Å². The molecule has 1 amide bonds. The fraction of sp³-hybridized carbons (Fsp3) is 0.923. The quantitative estimate of drug-likeness (QED) is 0.688. The van der Waals surface area contributed by atoms with Gasteiger partial charge >= 0.3 is 0 Å². The molecule has 1 rings (SSSR count). The third-order valence-electron chi connectivity index (χ3n) is 3.31. The third kappa shape index (κ3) is 5.30. The van der Waals surface area contributed by atoms with Crippen molar-refractivity contribution in [3.8, 4) is 0 Å². The minimum Gasteiger partial charge on any atom is -0.355 e. The van der Waals surface area contributed by atoms with Crippen molar-refractivity contribution in [1.29, 1.82) is 0 Å². The highest BCUT2D eigenvalue weighted by Gasteiger charge is 2.30. The average Bonchev–Trinajstić information content (AvgIpc) is 2.74.